The monoisotopic (exact) mass is 497 g/mol. The van der Waals surface area contributed by atoms with Crippen LogP contribution in [0.2, 0.25) is 0 Å². The Balaban J connectivity index is 1.45. The highest BCUT2D eigenvalue weighted by molar-refractivity contribution is 5.82. The van der Waals surface area contributed by atoms with E-state index in [0.29, 0.717) is 12.3 Å². The molecule has 1 aliphatic rings. The molecule has 190 valence electrons. The van der Waals surface area contributed by atoms with Gasteiger partial charge in [-0.05, 0) is 22.4 Å². The Hall–Kier alpha value is -3.83. The molecule has 2 aromatic carbocycles. The van der Waals surface area contributed by atoms with Crippen molar-refractivity contribution in [2.75, 3.05) is 6.61 Å². The topological polar surface area (TPSA) is 128 Å². The molecular weight excluding hydrogens is 470 g/mol. The second-order valence-corrected chi connectivity index (χ2v) is 8.38. The summed E-state index contributed by atoms with van der Waals surface area (Å²) in [4.78, 5) is 35.1. The highest BCUT2D eigenvalue weighted by Gasteiger charge is 2.48. The van der Waals surface area contributed by atoms with E-state index in [2.05, 4.69) is 22.4 Å². The lowest BCUT2D eigenvalue weighted by molar-refractivity contribution is -0.241. The zero-order chi connectivity index (χ0) is 25.7. The zero-order valence-corrected chi connectivity index (χ0v) is 20.2. The highest BCUT2D eigenvalue weighted by atomic mass is 16.6. The van der Waals surface area contributed by atoms with E-state index in [4.69, 9.17) is 23.7 Å². The first-order valence-electron chi connectivity index (χ1n) is 11.4. The van der Waals surface area contributed by atoms with Crippen LogP contribution in [-0.4, -0.2) is 57.8 Å². The smallest absolute Gasteiger partial charge is 0.303 e. The van der Waals surface area contributed by atoms with Crippen molar-refractivity contribution in [3.8, 4) is 0 Å². The fraction of sp³-hybridized carbons (Fsp3) is 0.400. The predicted octanol–water partition coefficient (Wildman–Crippen LogP) is 2.47. The van der Waals surface area contributed by atoms with Crippen molar-refractivity contribution < 1.29 is 38.1 Å². The molecule has 1 aromatic heterocycles. The number of benzene rings is 2. The molecule has 0 unspecified atom stereocenters. The summed E-state index contributed by atoms with van der Waals surface area (Å²) in [6, 6.07) is 14.2. The van der Waals surface area contributed by atoms with Crippen LogP contribution in [-0.2, 0) is 51.3 Å². The van der Waals surface area contributed by atoms with Crippen molar-refractivity contribution in [1.29, 1.82) is 0 Å². The number of hydrogen-bond acceptors (Lipinski definition) is 10. The maximum absolute atomic E-state index is 11.8. The summed E-state index contributed by atoms with van der Waals surface area (Å²) in [5, 5.41) is 10.5. The Bertz CT molecular complexity index is 1240. The molecule has 1 saturated heterocycles. The van der Waals surface area contributed by atoms with Crippen LogP contribution in [0.1, 0.15) is 38.3 Å². The Labute approximate surface area is 207 Å². The summed E-state index contributed by atoms with van der Waals surface area (Å²) in [7, 11) is 0. The van der Waals surface area contributed by atoms with Gasteiger partial charge in [0.2, 0.25) is 0 Å². The molecule has 0 aliphatic carbocycles. The van der Waals surface area contributed by atoms with Gasteiger partial charge in [0.25, 0.3) is 0 Å². The molecule has 0 amide bonds. The summed E-state index contributed by atoms with van der Waals surface area (Å²) >= 11 is 0. The first-order valence-corrected chi connectivity index (χ1v) is 11.4. The molecule has 11 nitrogen and oxygen atoms in total. The van der Waals surface area contributed by atoms with Crippen LogP contribution < -0.4 is 0 Å². The lowest BCUT2D eigenvalue weighted by Crippen LogP contribution is -2.55. The molecule has 4 atom stereocenters. The Kier molecular flexibility index (Phi) is 7.91. The third kappa shape index (κ3) is 6.23. The van der Waals surface area contributed by atoms with Crippen LogP contribution in [0.4, 0.5) is 0 Å². The minimum Gasteiger partial charge on any atom is -0.456 e. The van der Waals surface area contributed by atoms with E-state index in [9.17, 15) is 14.4 Å². The van der Waals surface area contributed by atoms with E-state index in [0.717, 1.165) is 16.3 Å². The molecule has 3 aromatic rings. The summed E-state index contributed by atoms with van der Waals surface area (Å²) in [5.74, 6) is -1.85. The lowest BCUT2D eigenvalue weighted by atomic mass is 10.0. The summed E-state index contributed by atoms with van der Waals surface area (Å²) in [5.41, 5.74) is 1.54. The second kappa shape index (κ2) is 11.3. The van der Waals surface area contributed by atoms with Crippen molar-refractivity contribution in [2.24, 2.45) is 0 Å². The predicted molar refractivity (Wildman–Crippen MR) is 124 cm³/mol. The van der Waals surface area contributed by atoms with E-state index < -0.39 is 42.4 Å². The Morgan fingerprint density at radius 2 is 1.61 bits per heavy atom. The molecule has 0 bridgehead atoms. The molecule has 0 spiro atoms. The number of aromatic nitrogens is 3. The standard InChI is InChI=1S/C25H27N3O8/c1-15(29)34-22-14-33-25(24(36-17(3)31)23(22)35-16(2)30)28-11-21(26-27-28)13-32-12-18-8-9-19-6-4-5-7-20(19)10-18/h4-11,22-25H,12-14H2,1-3H3/t22-,23+,24-,25-/m1/s1. The SMILES string of the molecule is CC(=O)O[C@@H]1[C@@H](OC(C)=O)[C@H](OC(C)=O)CO[C@H]1n1cc(COCc2ccc3ccccc3c2)nn1. The Morgan fingerprint density at radius 1 is 0.917 bits per heavy atom. The average molecular weight is 498 g/mol. The van der Waals surface area contributed by atoms with Gasteiger partial charge in [0.1, 0.15) is 5.69 Å². The summed E-state index contributed by atoms with van der Waals surface area (Å²) in [6.45, 7) is 4.10. The van der Waals surface area contributed by atoms with E-state index in [1.54, 1.807) is 6.20 Å². The maximum Gasteiger partial charge on any atom is 0.303 e. The molecule has 0 saturated carbocycles. The third-order valence-electron chi connectivity index (χ3n) is 5.47. The number of carbonyl (C=O) groups is 3. The van der Waals surface area contributed by atoms with E-state index in [1.165, 1.54) is 25.5 Å². The number of carbonyl (C=O) groups excluding carboxylic acids is 3. The summed E-state index contributed by atoms with van der Waals surface area (Å²) in [6.07, 6.45) is -2.55. The highest BCUT2D eigenvalue weighted by Crippen LogP contribution is 2.30. The van der Waals surface area contributed by atoms with Gasteiger partial charge in [0, 0.05) is 20.8 Å². The largest absolute Gasteiger partial charge is 0.456 e. The molecule has 4 rings (SSSR count). The van der Waals surface area contributed by atoms with Gasteiger partial charge in [0.05, 0.1) is 26.0 Å². The molecule has 11 heteroatoms. The van der Waals surface area contributed by atoms with Crippen molar-refractivity contribution >= 4 is 28.7 Å². The van der Waals surface area contributed by atoms with E-state index in [-0.39, 0.29) is 13.2 Å². The third-order valence-corrected chi connectivity index (χ3v) is 5.47. The molecular formula is C25H27N3O8. The number of ether oxygens (including phenoxy) is 5. The fourth-order valence-electron chi connectivity index (χ4n) is 4.06. The van der Waals surface area contributed by atoms with Crippen molar-refractivity contribution in [1.82, 2.24) is 15.0 Å². The van der Waals surface area contributed by atoms with Crippen LogP contribution in [0.5, 0.6) is 0 Å². The van der Waals surface area contributed by atoms with Gasteiger partial charge < -0.3 is 23.7 Å². The summed E-state index contributed by atoms with van der Waals surface area (Å²) < 4.78 is 29.0. The van der Waals surface area contributed by atoms with Gasteiger partial charge in [-0.3, -0.25) is 14.4 Å². The van der Waals surface area contributed by atoms with E-state index >= 15 is 0 Å². The minimum absolute atomic E-state index is 0.104. The Morgan fingerprint density at radius 3 is 2.33 bits per heavy atom. The normalized spacial score (nSPS) is 21.6. The van der Waals surface area contributed by atoms with Gasteiger partial charge in [-0.1, -0.05) is 41.6 Å². The zero-order valence-electron chi connectivity index (χ0n) is 20.2. The first kappa shape index (κ1) is 25.3. The first-order chi connectivity index (χ1) is 17.3. The fourth-order valence-corrected chi connectivity index (χ4v) is 4.06. The second-order valence-electron chi connectivity index (χ2n) is 8.38. The van der Waals surface area contributed by atoms with Crippen molar-refractivity contribution in [3.05, 3.63) is 59.9 Å². The van der Waals surface area contributed by atoms with E-state index in [1.807, 2.05) is 30.3 Å². The minimum atomic E-state index is -1.13. The maximum atomic E-state index is 11.8. The van der Waals surface area contributed by atoms with Gasteiger partial charge in [0.15, 0.2) is 24.5 Å². The van der Waals surface area contributed by atoms with Crippen LogP contribution in [0.3, 0.4) is 0 Å². The van der Waals surface area contributed by atoms with Gasteiger partial charge >= 0.3 is 17.9 Å². The van der Waals surface area contributed by atoms with Gasteiger partial charge in [-0.25, -0.2) is 4.68 Å². The number of esters is 3. The molecule has 2 heterocycles. The number of nitrogens with zero attached hydrogens (tertiary/aromatic N) is 3. The number of hydrogen-bond donors (Lipinski definition) is 0. The molecule has 1 aliphatic heterocycles. The van der Waals surface area contributed by atoms with Gasteiger partial charge in [-0.15, -0.1) is 5.10 Å². The molecule has 1 fully saturated rings. The molecule has 36 heavy (non-hydrogen) atoms. The quantitative estimate of drug-likeness (QED) is 0.338. The van der Waals surface area contributed by atoms with Crippen molar-refractivity contribution in [3.63, 3.8) is 0 Å². The number of rotatable bonds is 8. The average Bonchev–Trinajstić information content (AvgIpc) is 3.29. The molecule has 0 radical (unpaired) electrons. The van der Waals surface area contributed by atoms with Crippen LogP contribution in [0.25, 0.3) is 10.8 Å². The number of fused-ring (bicyclic) bond motifs is 1. The van der Waals surface area contributed by atoms with Crippen LogP contribution >= 0.6 is 0 Å². The van der Waals surface area contributed by atoms with Gasteiger partial charge in [-0.2, -0.15) is 0 Å². The van der Waals surface area contributed by atoms with Crippen molar-refractivity contribution in [2.45, 2.75) is 58.5 Å². The molecule has 0 N–H and O–H groups in total. The van der Waals surface area contributed by atoms with Crippen LogP contribution in [0, 0.1) is 0 Å². The lowest BCUT2D eigenvalue weighted by Gasteiger charge is -2.40. The van der Waals surface area contributed by atoms with Crippen LogP contribution in [0.15, 0.2) is 48.7 Å².